The van der Waals surface area contributed by atoms with E-state index in [0.717, 1.165) is 11.3 Å². The third-order valence-corrected chi connectivity index (χ3v) is 2.75. The van der Waals surface area contributed by atoms with Gasteiger partial charge in [0.25, 0.3) is 0 Å². The van der Waals surface area contributed by atoms with Crippen molar-refractivity contribution in [1.82, 2.24) is 5.32 Å². The molecule has 1 rings (SSSR count). The monoisotopic (exact) mass is 236 g/mol. The first kappa shape index (κ1) is 13.5. The summed E-state index contributed by atoms with van der Waals surface area (Å²) in [5.41, 5.74) is 6.47. The smallest absolute Gasteiger partial charge is 0.224 e. The molecule has 0 aliphatic rings. The third-order valence-electron chi connectivity index (χ3n) is 2.75. The second-order valence-electron chi connectivity index (χ2n) is 4.14. The van der Waals surface area contributed by atoms with Crippen LogP contribution in [0, 0.1) is 5.92 Å². The van der Waals surface area contributed by atoms with Crippen molar-refractivity contribution >= 4 is 5.91 Å². The van der Waals surface area contributed by atoms with E-state index in [-0.39, 0.29) is 17.9 Å². The fourth-order valence-corrected chi connectivity index (χ4v) is 1.46. The number of benzene rings is 1. The molecule has 2 unspecified atom stereocenters. The molecule has 4 nitrogen and oxygen atoms in total. The summed E-state index contributed by atoms with van der Waals surface area (Å²) >= 11 is 0. The molecular weight excluding hydrogens is 216 g/mol. The van der Waals surface area contributed by atoms with Gasteiger partial charge in [-0.15, -0.1) is 0 Å². The maximum Gasteiger partial charge on any atom is 0.224 e. The number of ether oxygens (including phenoxy) is 1. The van der Waals surface area contributed by atoms with Crippen LogP contribution in [-0.4, -0.2) is 19.6 Å². The standard InChI is InChI=1S/C13H20N2O2/c1-9(8-14)13(16)15-10(2)11-5-4-6-12(7-11)17-3/h4-7,9-10H,8,14H2,1-3H3,(H,15,16). The van der Waals surface area contributed by atoms with Crippen LogP contribution in [0.1, 0.15) is 25.5 Å². The number of nitrogens with two attached hydrogens (primary N) is 1. The van der Waals surface area contributed by atoms with Crippen LogP contribution in [0.2, 0.25) is 0 Å². The summed E-state index contributed by atoms with van der Waals surface area (Å²) in [4.78, 5) is 11.7. The fourth-order valence-electron chi connectivity index (χ4n) is 1.46. The van der Waals surface area contributed by atoms with Crippen molar-refractivity contribution in [3.63, 3.8) is 0 Å². The van der Waals surface area contributed by atoms with E-state index in [0.29, 0.717) is 6.54 Å². The highest BCUT2D eigenvalue weighted by Crippen LogP contribution is 2.18. The summed E-state index contributed by atoms with van der Waals surface area (Å²) in [6.07, 6.45) is 0. The summed E-state index contributed by atoms with van der Waals surface area (Å²) in [6.45, 7) is 4.11. The Balaban J connectivity index is 2.69. The van der Waals surface area contributed by atoms with Gasteiger partial charge in [0.05, 0.1) is 13.2 Å². The van der Waals surface area contributed by atoms with Crippen LogP contribution in [0.4, 0.5) is 0 Å². The molecule has 94 valence electrons. The van der Waals surface area contributed by atoms with E-state index < -0.39 is 0 Å². The lowest BCUT2D eigenvalue weighted by molar-refractivity contribution is -0.124. The quantitative estimate of drug-likeness (QED) is 0.813. The van der Waals surface area contributed by atoms with Crippen molar-refractivity contribution in [3.05, 3.63) is 29.8 Å². The zero-order valence-electron chi connectivity index (χ0n) is 10.6. The topological polar surface area (TPSA) is 64.3 Å². The highest BCUT2D eigenvalue weighted by molar-refractivity contribution is 5.78. The number of hydrogen-bond acceptors (Lipinski definition) is 3. The van der Waals surface area contributed by atoms with E-state index in [1.807, 2.05) is 38.1 Å². The lowest BCUT2D eigenvalue weighted by atomic mass is 10.1. The molecule has 17 heavy (non-hydrogen) atoms. The van der Waals surface area contributed by atoms with Crippen molar-refractivity contribution in [1.29, 1.82) is 0 Å². The Bertz CT molecular complexity index is 379. The largest absolute Gasteiger partial charge is 0.497 e. The van der Waals surface area contributed by atoms with Crippen LogP contribution in [-0.2, 0) is 4.79 Å². The predicted octanol–water partition coefficient (Wildman–Crippen LogP) is 1.47. The molecule has 0 saturated heterocycles. The summed E-state index contributed by atoms with van der Waals surface area (Å²) in [6, 6.07) is 7.61. The Morgan fingerprint density at radius 3 is 2.76 bits per heavy atom. The second kappa shape index (κ2) is 6.25. The van der Waals surface area contributed by atoms with Gasteiger partial charge in [-0.1, -0.05) is 19.1 Å². The Labute approximate surface area is 102 Å². The molecule has 0 radical (unpaired) electrons. The van der Waals surface area contributed by atoms with Gasteiger partial charge in [-0.3, -0.25) is 4.79 Å². The fraction of sp³-hybridized carbons (Fsp3) is 0.462. The summed E-state index contributed by atoms with van der Waals surface area (Å²) in [5, 5.41) is 2.92. The van der Waals surface area contributed by atoms with Gasteiger partial charge in [0.2, 0.25) is 5.91 Å². The molecular formula is C13H20N2O2. The number of nitrogens with one attached hydrogen (secondary N) is 1. The van der Waals surface area contributed by atoms with Crippen molar-refractivity contribution < 1.29 is 9.53 Å². The zero-order chi connectivity index (χ0) is 12.8. The van der Waals surface area contributed by atoms with Crippen molar-refractivity contribution in [2.45, 2.75) is 19.9 Å². The molecule has 0 bridgehead atoms. The summed E-state index contributed by atoms with van der Waals surface area (Å²) < 4.78 is 5.15. The Morgan fingerprint density at radius 1 is 1.47 bits per heavy atom. The van der Waals surface area contributed by atoms with E-state index in [4.69, 9.17) is 10.5 Å². The number of rotatable bonds is 5. The Kier molecular flexibility index (Phi) is 4.97. The maximum absolute atomic E-state index is 11.7. The van der Waals surface area contributed by atoms with E-state index in [2.05, 4.69) is 5.32 Å². The Morgan fingerprint density at radius 2 is 2.18 bits per heavy atom. The van der Waals surface area contributed by atoms with E-state index >= 15 is 0 Å². The minimum absolute atomic E-state index is 0.0252. The molecule has 2 atom stereocenters. The number of amides is 1. The first-order chi connectivity index (χ1) is 8.08. The van der Waals surface area contributed by atoms with E-state index in [1.165, 1.54) is 0 Å². The number of carbonyl (C=O) groups is 1. The molecule has 1 aromatic rings. The predicted molar refractivity (Wildman–Crippen MR) is 67.8 cm³/mol. The Hall–Kier alpha value is -1.55. The molecule has 1 amide bonds. The van der Waals surface area contributed by atoms with Crippen LogP contribution in [0.5, 0.6) is 5.75 Å². The molecule has 0 aliphatic heterocycles. The second-order valence-corrected chi connectivity index (χ2v) is 4.14. The van der Waals surface area contributed by atoms with E-state index in [9.17, 15) is 4.79 Å². The van der Waals surface area contributed by atoms with Gasteiger partial charge in [0.1, 0.15) is 5.75 Å². The minimum atomic E-state index is -0.164. The first-order valence-electron chi connectivity index (χ1n) is 5.73. The summed E-state index contributed by atoms with van der Waals surface area (Å²) in [5.74, 6) is 0.598. The van der Waals surface area contributed by atoms with Gasteiger partial charge >= 0.3 is 0 Å². The van der Waals surface area contributed by atoms with Gasteiger partial charge < -0.3 is 15.8 Å². The minimum Gasteiger partial charge on any atom is -0.497 e. The average Bonchev–Trinajstić information content (AvgIpc) is 2.37. The van der Waals surface area contributed by atoms with Crippen LogP contribution in [0.25, 0.3) is 0 Å². The first-order valence-corrected chi connectivity index (χ1v) is 5.73. The molecule has 4 heteroatoms. The average molecular weight is 236 g/mol. The molecule has 0 aromatic heterocycles. The molecule has 0 saturated carbocycles. The van der Waals surface area contributed by atoms with Crippen LogP contribution in [0.3, 0.4) is 0 Å². The molecule has 0 heterocycles. The molecule has 0 aliphatic carbocycles. The van der Waals surface area contributed by atoms with Crippen molar-refractivity contribution in [3.8, 4) is 5.75 Å². The zero-order valence-corrected chi connectivity index (χ0v) is 10.6. The van der Waals surface area contributed by atoms with Gasteiger partial charge in [-0.25, -0.2) is 0 Å². The number of carbonyl (C=O) groups excluding carboxylic acids is 1. The van der Waals surface area contributed by atoms with E-state index in [1.54, 1.807) is 7.11 Å². The van der Waals surface area contributed by atoms with Gasteiger partial charge in [0, 0.05) is 12.5 Å². The van der Waals surface area contributed by atoms with Crippen LogP contribution in [0.15, 0.2) is 24.3 Å². The van der Waals surface area contributed by atoms with Gasteiger partial charge in [0.15, 0.2) is 0 Å². The molecule has 3 N–H and O–H groups in total. The van der Waals surface area contributed by atoms with Crippen LogP contribution < -0.4 is 15.8 Å². The number of methoxy groups -OCH3 is 1. The SMILES string of the molecule is COc1cccc(C(C)NC(=O)C(C)CN)c1. The third kappa shape index (κ3) is 3.75. The maximum atomic E-state index is 11.7. The van der Waals surface area contributed by atoms with Crippen molar-refractivity contribution in [2.75, 3.05) is 13.7 Å². The number of hydrogen-bond donors (Lipinski definition) is 2. The van der Waals surface area contributed by atoms with Crippen LogP contribution >= 0.6 is 0 Å². The highest BCUT2D eigenvalue weighted by Gasteiger charge is 2.14. The lowest BCUT2D eigenvalue weighted by Crippen LogP contribution is -2.34. The highest BCUT2D eigenvalue weighted by atomic mass is 16.5. The molecule has 0 fully saturated rings. The lowest BCUT2D eigenvalue weighted by Gasteiger charge is -2.17. The van der Waals surface area contributed by atoms with Gasteiger partial charge in [-0.05, 0) is 24.6 Å². The molecule has 1 aromatic carbocycles. The van der Waals surface area contributed by atoms with Crippen molar-refractivity contribution in [2.24, 2.45) is 11.7 Å². The normalized spacial score (nSPS) is 13.9. The summed E-state index contributed by atoms with van der Waals surface area (Å²) in [7, 11) is 1.62. The van der Waals surface area contributed by atoms with Gasteiger partial charge in [-0.2, -0.15) is 0 Å². The molecule has 0 spiro atoms.